The summed E-state index contributed by atoms with van der Waals surface area (Å²) in [5, 5.41) is 17.3. The zero-order chi connectivity index (χ0) is 5.98. The maximum atomic E-state index is 8.67. The molecule has 1 aromatic rings. The summed E-state index contributed by atoms with van der Waals surface area (Å²) in [4.78, 5) is 0. The Hall–Kier alpha value is -0.297. The second-order valence-corrected chi connectivity index (χ2v) is 1.49. The predicted molar refractivity (Wildman–Crippen MR) is 29.8 cm³/mol. The van der Waals surface area contributed by atoms with Crippen LogP contribution in [0.5, 0.6) is 11.5 Å². The molecule has 3 heteroatoms. The predicted octanol–water partition coefficient (Wildman–Crippen LogP) is 1.10. The number of hydrogen-bond acceptors (Lipinski definition) is 2. The van der Waals surface area contributed by atoms with Crippen LogP contribution in [0.3, 0.4) is 0 Å². The van der Waals surface area contributed by atoms with E-state index < -0.39 is 0 Å². The van der Waals surface area contributed by atoms with E-state index in [-0.39, 0.29) is 37.7 Å². The first kappa shape index (κ1) is 8.70. The summed E-state index contributed by atoms with van der Waals surface area (Å²) in [5.41, 5.74) is 0. The van der Waals surface area contributed by atoms with Crippen molar-refractivity contribution in [1.82, 2.24) is 0 Å². The molecule has 1 rings (SSSR count). The quantitative estimate of drug-likeness (QED) is 0.617. The average Bonchev–Trinajstić information content (AvgIpc) is 1.77. The van der Waals surface area contributed by atoms with Crippen molar-refractivity contribution in [3.63, 3.8) is 0 Å². The summed E-state index contributed by atoms with van der Waals surface area (Å²) < 4.78 is 0. The number of hydrogen-bond donors (Lipinski definition) is 2. The monoisotopic (exact) mass is 200 g/mol. The number of phenols is 2. The molecule has 0 fully saturated rings. The standard InChI is InChI=1S/C6H6O2.Zr/c7-5-3-1-2-4-6(5)8;/h1-4,7-8H;. The largest absolute Gasteiger partial charge is 0.504 e. The van der Waals surface area contributed by atoms with Crippen LogP contribution in [-0.2, 0) is 26.2 Å². The third-order valence-electron chi connectivity index (χ3n) is 0.882. The van der Waals surface area contributed by atoms with Gasteiger partial charge in [-0.2, -0.15) is 0 Å². The minimum absolute atomic E-state index is 0. The van der Waals surface area contributed by atoms with Crippen LogP contribution in [0.25, 0.3) is 0 Å². The molecule has 0 aliphatic carbocycles. The van der Waals surface area contributed by atoms with Gasteiger partial charge < -0.3 is 10.2 Å². The summed E-state index contributed by atoms with van der Waals surface area (Å²) in [7, 11) is 0. The Morgan fingerprint density at radius 1 is 0.889 bits per heavy atom. The third kappa shape index (κ3) is 2.19. The Kier molecular flexibility index (Phi) is 3.55. The van der Waals surface area contributed by atoms with Gasteiger partial charge in [-0.25, -0.2) is 0 Å². The third-order valence-corrected chi connectivity index (χ3v) is 0.882. The Morgan fingerprint density at radius 3 is 1.44 bits per heavy atom. The van der Waals surface area contributed by atoms with Crippen molar-refractivity contribution in [3.05, 3.63) is 24.3 Å². The SMILES string of the molecule is Oc1ccccc1O.[Zr]. The molecule has 0 amide bonds. The fourth-order valence-corrected chi connectivity index (χ4v) is 0.464. The molecule has 0 spiro atoms. The molecule has 0 radical (unpaired) electrons. The Labute approximate surface area is 72.3 Å². The van der Waals surface area contributed by atoms with E-state index in [9.17, 15) is 0 Å². The molecular weight excluding hydrogens is 195 g/mol. The zero-order valence-corrected chi connectivity index (χ0v) is 7.16. The van der Waals surface area contributed by atoms with Crippen LogP contribution in [0, 0.1) is 0 Å². The first-order valence-electron chi connectivity index (χ1n) is 2.27. The maximum Gasteiger partial charge on any atom is 0.157 e. The van der Waals surface area contributed by atoms with Crippen molar-refractivity contribution in [1.29, 1.82) is 0 Å². The van der Waals surface area contributed by atoms with Crippen molar-refractivity contribution in [2.24, 2.45) is 0 Å². The van der Waals surface area contributed by atoms with E-state index in [0.717, 1.165) is 0 Å². The maximum absolute atomic E-state index is 8.67. The van der Waals surface area contributed by atoms with Crippen LogP contribution in [0.2, 0.25) is 0 Å². The van der Waals surface area contributed by atoms with E-state index in [1.54, 1.807) is 12.1 Å². The molecule has 0 aliphatic rings. The smallest absolute Gasteiger partial charge is 0.157 e. The number of phenolic OH excluding ortho intramolecular Hbond substituents is 2. The second-order valence-electron chi connectivity index (χ2n) is 1.49. The van der Waals surface area contributed by atoms with Crippen LogP contribution >= 0.6 is 0 Å². The molecule has 0 aliphatic heterocycles. The van der Waals surface area contributed by atoms with Gasteiger partial charge in [0.05, 0.1) is 0 Å². The summed E-state index contributed by atoms with van der Waals surface area (Å²) in [5.74, 6) is -0.153. The van der Waals surface area contributed by atoms with Crippen molar-refractivity contribution in [3.8, 4) is 11.5 Å². The van der Waals surface area contributed by atoms with Gasteiger partial charge in [-0.1, -0.05) is 12.1 Å². The molecule has 1 aromatic carbocycles. The summed E-state index contributed by atoms with van der Waals surface area (Å²) >= 11 is 0. The van der Waals surface area contributed by atoms with Gasteiger partial charge in [-0.15, -0.1) is 0 Å². The molecule has 0 bridgehead atoms. The number of rotatable bonds is 0. The van der Waals surface area contributed by atoms with Crippen LogP contribution in [-0.4, -0.2) is 10.2 Å². The van der Waals surface area contributed by atoms with Gasteiger partial charge in [0.15, 0.2) is 11.5 Å². The van der Waals surface area contributed by atoms with Crippen LogP contribution in [0.1, 0.15) is 0 Å². The van der Waals surface area contributed by atoms with E-state index in [1.165, 1.54) is 12.1 Å². The van der Waals surface area contributed by atoms with E-state index in [2.05, 4.69) is 0 Å². The van der Waals surface area contributed by atoms with Crippen LogP contribution in [0.4, 0.5) is 0 Å². The van der Waals surface area contributed by atoms with Crippen LogP contribution in [0.15, 0.2) is 24.3 Å². The van der Waals surface area contributed by atoms with Gasteiger partial charge in [0.2, 0.25) is 0 Å². The fraction of sp³-hybridized carbons (Fsp3) is 0. The van der Waals surface area contributed by atoms with Crippen LogP contribution < -0.4 is 0 Å². The summed E-state index contributed by atoms with van der Waals surface area (Å²) in [6.07, 6.45) is 0. The summed E-state index contributed by atoms with van der Waals surface area (Å²) in [6, 6.07) is 6.15. The molecule has 2 N–H and O–H groups in total. The van der Waals surface area contributed by atoms with Gasteiger partial charge in [-0.3, -0.25) is 0 Å². The molecule has 2 nitrogen and oxygen atoms in total. The van der Waals surface area contributed by atoms with E-state index in [4.69, 9.17) is 10.2 Å². The fourth-order valence-electron chi connectivity index (χ4n) is 0.464. The van der Waals surface area contributed by atoms with Gasteiger partial charge in [0.1, 0.15) is 0 Å². The van der Waals surface area contributed by atoms with E-state index in [1.807, 2.05) is 0 Å². The van der Waals surface area contributed by atoms with Crippen molar-refractivity contribution < 1.29 is 36.4 Å². The molecule has 9 heavy (non-hydrogen) atoms. The molecule has 0 saturated heterocycles. The first-order chi connectivity index (χ1) is 3.80. The van der Waals surface area contributed by atoms with Gasteiger partial charge in [0.25, 0.3) is 0 Å². The second kappa shape index (κ2) is 3.68. The normalized spacial score (nSPS) is 8.00. The molecule has 0 saturated carbocycles. The van der Waals surface area contributed by atoms with Gasteiger partial charge in [-0.05, 0) is 12.1 Å². The van der Waals surface area contributed by atoms with Crippen molar-refractivity contribution in [2.45, 2.75) is 0 Å². The number of aromatic hydroxyl groups is 2. The zero-order valence-electron chi connectivity index (χ0n) is 4.70. The van der Waals surface area contributed by atoms with E-state index >= 15 is 0 Å². The Bertz CT molecular complexity index is 167. The molecule has 0 aromatic heterocycles. The van der Waals surface area contributed by atoms with Gasteiger partial charge >= 0.3 is 0 Å². The molecular formula is C6H6O2Zr. The number of benzene rings is 1. The minimum Gasteiger partial charge on any atom is -0.504 e. The molecule has 0 heterocycles. The average molecular weight is 201 g/mol. The van der Waals surface area contributed by atoms with Crippen molar-refractivity contribution in [2.75, 3.05) is 0 Å². The first-order valence-corrected chi connectivity index (χ1v) is 2.27. The van der Waals surface area contributed by atoms with E-state index in [0.29, 0.717) is 0 Å². The van der Waals surface area contributed by atoms with Crippen molar-refractivity contribution >= 4 is 0 Å². The Balaban J connectivity index is 0.000000640. The summed E-state index contributed by atoms with van der Waals surface area (Å²) in [6.45, 7) is 0. The minimum atomic E-state index is -0.0764. The Morgan fingerprint density at radius 2 is 1.22 bits per heavy atom. The molecule has 0 atom stereocenters. The van der Waals surface area contributed by atoms with Gasteiger partial charge in [0, 0.05) is 26.2 Å². The number of para-hydroxylation sites is 2. The molecule has 46 valence electrons. The topological polar surface area (TPSA) is 40.5 Å². The molecule has 0 unspecified atom stereocenters.